The van der Waals surface area contributed by atoms with E-state index < -0.39 is 11.4 Å². The second-order valence-electron chi connectivity index (χ2n) is 6.93. The van der Waals surface area contributed by atoms with E-state index in [4.69, 9.17) is 14.2 Å². The summed E-state index contributed by atoms with van der Waals surface area (Å²) < 4.78 is 16.5. The zero-order valence-electron chi connectivity index (χ0n) is 14.3. The molecule has 0 saturated carbocycles. The van der Waals surface area contributed by atoms with Gasteiger partial charge in [-0.05, 0) is 38.5 Å². The molecule has 0 aromatic rings. The van der Waals surface area contributed by atoms with Gasteiger partial charge in [0.1, 0.15) is 0 Å². The summed E-state index contributed by atoms with van der Waals surface area (Å²) in [4.78, 5) is 11.4. The topological polar surface area (TPSA) is 65.0 Å². The highest BCUT2D eigenvalue weighted by atomic mass is 16.7. The van der Waals surface area contributed by atoms with Crippen LogP contribution in [0, 0.1) is 5.41 Å². The Morgan fingerprint density at radius 1 is 1.09 bits per heavy atom. The summed E-state index contributed by atoms with van der Waals surface area (Å²) in [6.07, 6.45) is 11.6. The van der Waals surface area contributed by atoms with Crippen molar-refractivity contribution in [3.8, 4) is 0 Å². The molecule has 0 aromatic heterocycles. The highest BCUT2D eigenvalue weighted by molar-refractivity contribution is 5.75. The van der Waals surface area contributed by atoms with E-state index in [1.807, 2.05) is 0 Å². The standard InChI is InChI=1S/C18H32O5/c19-17(20)18(11-14-21-15-18)10-6-3-1-2-4-7-12-22-16-9-5-8-13-23-16/h16H,1-15H2,(H,19,20). The van der Waals surface area contributed by atoms with Crippen molar-refractivity contribution in [2.24, 2.45) is 5.41 Å². The second-order valence-corrected chi connectivity index (χ2v) is 6.93. The molecule has 2 rings (SSSR count). The van der Waals surface area contributed by atoms with Crippen LogP contribution in [0.4, 0.5) is 0 Å². The van der Waals surface area contributed by atoms with Crippen LogP contribution in [-0.2, 0) is 19.0 Å². The molecule has 2 aliphatic heterocycles. The van der Waals surface area contributed by atoms with Crippen molar-refractivity contribution < 1.29 is 24.1 Å². The molecule has 23 heavy (non-hydrogen) atoms. The van der Waals surface area contributed by atoms with Gasteiger partial charge in [-0.2, -0.15) is 0 Å². The number of unbranched alkanes of at least 4 members (excludes halogenated alkanes) is 5. The lowest BCUT2D eigenvalue weighted by molar-refractivity contribution is -0.162. The van der Waals surface area contributed by atoms with Crippen LogP contribution < -0.4 is 0 Å². The fourth-order valence-electron chi connectivity index (χ4n) is 3.41. The van der Waals surface area contributed by atoms with Crippen LogP contribution in [0.1, 0.15) is 70.6 Å². The van der Waals surface area contributed by atoms with Crippen molar-refractivity contribution in [2.45, 2.75) is 76.9 Å². The molecule has 2 aliphatic rings. The normalized spacial score (nSPS) is 28.1. The molecule has 2 unspecified atom stereocenters. The number of carboxylic acids is 1. The molecule has 2 fully saturated rings. The number of aliphatic carboxylic acids is 1. The number of hydrogen-bond donors (Lipinski definition) is 1. The van der Waals surface area contributed by atoms with Crippen molar-refractivity contribution in [2.75, 3.05) is 26.4 Å². The molecule has 0 aliphatic carbocycles. The Morgan fingerprint density at radius 3 is 2.52 bits per heavy atom. The van der Waals surface area contributed by atoms with E-state index in [0.29, 0.717) is 19.6 Å². The largest absolute Gasteiger partial charge is 0.481 e. The fraction of sp³-hybridized carbons (Fsp3) is 0.944. The molecule has 2 atom stereocenters. The van der Waals surface area contributed by atoms with Gasteiger partial charge in [-0.3, -0.25) is 4.79 Å². The maximum atomic E-state index is 11.4. The molecule has 0 spiro atoms. The smallest absolute Gasteiger partial charge is 0.312 e. The van der Waals surface area contributed by atoms with Crippen molar-refractivity contribution in [1.29, 1.82) is 0 Å². The molecule has 5 heteroatoms. The van der Waals surface area contributed by atoms with Crippen LogP contribution in [0.3, 0.4) is 0 Å². The summed E-state index contributed by atoms with van der Waals surface area (Å²) >= 11 is 0. The lowest BCUT2D eigenvalue weighted by Crippen LogP contribution is -2.31. The van der Waals surface area contributed by atoms with E-state index >= 15 is 0 Å². The first-order valence-electron chi connectivity index (χ1n) is 9.27. The van der Waals surface area contributed by atoms with Gasteiger partial charge in [0.25, 0.3) is 0 Å². The predicted molar refractivity (Wildman–Crippen MR) is 87.4 cm³/mol. The summed E-state index contributed by atoms with van der Waals surface area (Å²) in [5.41, 5.74) is -0.603. The quantitative estimate of drug-likeness (QED) is 0.585. The minimum atomic E-state index is -0.683. The van der Waals surface area contributed by atoms with Crippen LogP contribution in [0.5, 0.6) is 0 Å². The predicted octanol–water partition coefficient (Wildman–Crippen LogP) is 3.75. The molecule has 0 bridgehead atoms. The molecule has 1 N–H and O–H groups in total. The first-order chi connectivity index (χ1) is 11.2. The highest BCUT2D eigenvalue weighted by Crippen LogP contribution is 2.34. The Balaban J connectivity index is 1.41. The molecular weight excluding hydrogens is 296 g/mol. The number of rotatable bonds is 11. The van der Waals surface area contributed by atoms with Crippen molar-refractivity contribution >= 4 is 5.97 Å². The van der Waals surface area contributed by atoms with Crippen molar-refractivity contribution in [1.82, 2.24) is 0 Å². The zero-order valence-corrected chi connectivity index (χ0v) is 14.3. The summed E-state index contributed by atoms with van der Waals surface area (Å²) in [5.74, 6) is -0.683. The third-order valence-electron chi connectivity index (χ3n) is 5.05. The van der Waals surface area contributed by atoms with E-state index in [9.17, 15) is 9.90 Å². The molecule has 0 aromatic carbocycles. The Labute approximate surface area is 139 Å². The van der Waals surface area contributed by atoms with Crippen LogP contribution in [0.25, 0.3) is 0 Å². The number of ether oxygens (including phenoxy) is 3. The summed E-state index contributed by atoms with van der Waals surface area (Å²) in [7, 11) is 0. The van der Waals surface area contributed by atoms with Gasteiger partial charge in [0.15, 0.2) is 6.29 Å². The van der Waals surface area contributed by atoms with E-state index in [0.717, 1.165) is 51.7 Å². The number of carbonyl (C=O) groups is 1. The lowest BCUT2D eigenvalue weighted by Gasteiger charge is -2.22. The van der Waals surface area contributed by atoms with Crippen LogP contribution in [0.2, 0.25) is 0 Å². The molecule has 2 heterocycles. The maximum absolute atomic E-state index is 11.4. The molecule has 134 valence electrons. The van der Waals surface area contributed by atoms with Crippen LogP contribution >= 0.6 is 0 Å². The van der Waals surface area contributed by atoms with E-state index in [1.165, 1.54) is 25.7 Å². The Morgan fingerprint density at radius 2 is 1.87 bits per heavy atom. The highest BCUT2D eigenvalue weighted by Gasteiger charge is 2.41. The third-order valence-corrected chi connectivity index (χ3v) is 5.05. The number of carboxylic acid groups (broad SMARTS) is 1. The van der Waals surface area contributed by atoms with Crippen molar-refractivity contribution in [3.63, 3.8) is 0 Å². The maximum Gasteiger partial charge on any atom is 0.312 e. The molecule has 0 amide bonds. The first-order valence-corrected chi connectivity index (χ1v) is 9.27. The van der Waals surface area contributed by atoms with E-state index in [2.05, 4.69) is 0 Å². The summed E-state index contributed by atoms with van der Waals surface area (Å²) in [6.45, 7) is 2.62. The minimum absolute atomic E-state index is 0.0320. The molecule has 0 radical (unpaired) electrons. The van der Waals surface area contributed by atoms with Gasteiger partial charge in [0.2, 0.25) is 0 Å². The lowest BCUT2D eigenvalue weighted by atomic mass is 9.82. The monoisotopic (exact) mass is 328 g/mol. The Kier molecular flexibility index (Phi) is 8.34. The van der Waals surface area contributed by atoms with E-state index in [-0.39, 0.29) is 6.29 Å². The average molecular weight is 328 g/mol. The van der Waals surface area contributed by atoms with Gasteiger partial charge < -0.3 is 19.3 Å². The zero-order chi connectivity index (χ0) is 16.4. The molecular formula is C18H32O5. The summed E-state index contributed by atoms with van der Waals surface area (Å²) in [5, 5.41) is 9.37. The van der Waals surface area contributed by atoms with Gasteiger partial charge >= 0.3 is 5.97 Å². The molecule has 2 saturated heterocycles. The number of hydrogen-bond acceptors (Lipinski definition) is 4. The van der Waals surface area contributed by atoms with E-state index in [1.54, 1.807) is 0 Å². The van der Waals surface area contributed by atoms with Crippen molar-refractivity contribution in [3.05, 3.63) is 0 Å². The van der Waals surface area contributed by atoms with Gasteiger partial charge in [0, 0.05) is 19.8 Å². The first kappa shape index (κ1) is 18.7. The van der Waals surface area contributed by atoms with Gasteiger partial charge in [-0.1, -0.05) is 32.1 Å². The summed E-state index contributed by atoms with van der Waals surface area (Å²) in [6, 6.07) is 0. The minimum Gasteiger partial charge on any atom is -0.481 e. The van der Waals surface area contributed by atoms with Gasteiger partial charge in [0.05, 0.1) is 12.0 Å². The average Bonchev–Trinajstić information content (AvgIpc) is 3.04. The van der Waals surface area contributed by atoms with Gasteiger partial charge in [-0.25, -0.2) is 0 Å². The SMILES string of the molecule is O=C(O)C1(CCCCCCCCOC2CCCCO2)CCOC1. The van der Waals surface area contributed by atoms with Crippen LogP contribution in [0.15, 0.2) is 0 Å². The molecule has 5 nitrogen and oxygen atoms in total. The Hall–Kier alpha value is -0.650. The Bertz CT molecular complexity index is 332. The van der Waals surface area contributed by atoms with Gasteiger partial charge in [-0.15, -0.1) is 0 Å². The third kappa shape index (κ3) is 6.40. The second kappa shape index (κ2) is 10.3. The fourth-order valence-corrected chi connectivity index (χ4v) is 3.41. The van der Waals surface area contributed by atoms with Crippen LogP contribution in [-0.4, -0.2) is 43.8 Å².